The van der Waals surface area contributed by atoms with Gasteiger partial charge in [-0.1, -0.05) is 70.9 Å². The standard InChI is InChI=1S/C18H31N/c1-5-7-13-18(6-2,15-19-14-16(3)4)17-11-9-8-10-12-17/h8-12,16,19H,5-7,13-15H2,1-4H3. The predicted octanol–water partition coefficient (Wildman–Crippen LogP) is 4.77. The maximum atomic E-state index is 3.68. The molecule has 0 aliphatic carbocycles. The summed E-state index contributed by atoms with van der Waals surface area (Å²) in [4.78, 5) is 0. The van der Waals surface area contributed by atoms with Crippen molar-refractivity contribution in [2.75, 3.05) is 13.1 Å². The largest absolute Gasteiger partial charge is 0.316 e. The molecule has 1 N–H and O–H groups in total. The molecule has 0 saturated heterocycles. The zero-order valence-electron chi connectivity index (χ0n) is 13.2. The lowest BCUT2D eigenvalue weighted by atomic mass is 9.74. The first-order valence-corrected chi connectivity index (χ1v) is 7.91. The van der Waals surface area contributed by atoms with E-state index in [0.29, 0.717) is 5.41 Å². The van der Waals surface area contributed by atoms with E-state index in [2.05, 4.69) is 63.3 Å². The molecule has 0 saturated carbocycles. The SMILES string of the molecule is CCCCC(CC)(CNCC(C)C)c1ccccc1. The van der Waals surface area contributed by atoms with Crippen LogP contribution in [0.4, 0.5) is 0 Å². The van der Waals surface area contributed by atoms with E-state index >= 15 is 0 Å². The normalized spacial score (nSPS) is 14.6. The third-order valence-corrected chi connectivity index (χ3v) is 4.09. The van der Waals surface area contributed by atoms with Gasteiger partial charge in [0.1, 0.15) is 0 Å². The number of hydrogen-bond donors (Lipinski definition) is 1. The van der Waals surface area contributed by atoms with Crippen LogP contribution in [0.1, 0.15) is 58.9 Å². The average molecular weight is 261 g/mol. The highest BCUT2D eigenvalue weighted by atomic mass is 14.9. The molecule has 1 heteroatoms. The molecule has 0 aliphatic heterocycles. The molecule has 1 unspecified atom stereocenters. The van der Waals surface area contributed by atoms with Gasteiger partial charge in [0.25, 0.3) is 0 Å². The van der Waals surface area contributed by atoms with Crippen molar-refractivity contribution in [3.63, 3.8) is 0 Å². The molecule has 1 nitrogen and oxygen atoms in total. The summed E-state index contributed by atoms with van der Waals surface area (Å²) in [6.45, 7) is 11.4. The lowest BCUT2D eigenvalue weighted by Crippen LogP contribution is -2.39. The van der Waals surface area contributed by atoms with E-state index in [4.69, 9.17) is 0 Å². The zero-order valence-corrected chi connectivity index (χ0v) is 13.2. The summed E-state index contributed by atoms with van der Waals surface area (Å²) in [6.07, 6.45) is 5.09. The minimum atomic E-state index is 0.312. The Morgan fingerprint density at radius 3 is 2.32 bits per heavy atom. The van der Waals surface area contributed by atoms with Crippen LogP contribution in [-0.4, -0.2) is 13.1 Å². The summed E-state index contributed by atoms with van der Waals surface area (Å²) >= 11 is 0. The first kappa shape index (κ1) is 16.2. The third-order valence-electron chi connectivity index (χ3n) is 4.09. The molecule has 19 heavy (non-hydrogen) atoms. The van der Waals surface area contributed by atoms with Crippen molar-refractivity contribution in [3.8, 4) is 0 Å². The summed E-state index contributed by atoms with van der Waals surface area (Å²) in [5.74, 6) is 0.719. The Hall–Kier alpha value is -0.820. The Kier molecular flexibility index (Phi) is 7.15. The Labute approximate surface area is 119 Å². The van der Waals surface area contributed by atoms with Gasteiger partial charge in [-0.15, -0.1) is 0 Å². The van der Waals surface area contributed by atoms with Crippen molar-refractivity contribution < 1.29 is 0 Å². The van der Waals surface area contributed by atoms with Gasteiger partial charge in [-0.05, 0) is 30.9 Å². The molecule has 0 aliphatic rings. The fraction of sp³-hybridized carbons (Fsp3) is 0.667. The average Bonchev–Trinajstić information content (AvgIpc) is 2.43. The molecule has 1 aromatic carbocycles. The van der Waals surface area contributed by atoms with Gasteiger partial charge in [-0.25, -0.2) is 0 Å². The third kappa shape index (κ3) is 4.99. The maximum absolute atomic E-state index is 3.68. The summed E-state index contributed by atoms with van der Waals surface area (Å²) < 4.78 is 0. The van der Waals surface area contributed by atoms with Crippen LogP contribution >= 0.6 is 0 Å². The van der Waals surface area contributed by atoms with E-state index in [1.807, 2.05) is 0 Å². The van der Waals surface area contributed by atoms with Gasteiger partial charge in [0, 0.05) is 12.0 Å². The Morgan fingerprint density at radius 2 is 1.79 bits per heavy atom. The molecular weight excluding hydrogens is 230 g/mol. The molecule has 0 bridgehead atoms. The minimum Gasteiger partial charge on any atom is -0.316 e. The van der Waals surface area contributed by atoms with Crippen molar-refractivity contribution in [1.29, 1.82) is 0 Å². The summed E-state index contributed by atoms with van der Waals surface area (Å²) in [5, 5.41) is 3.68. The van der Waals surface area contributed by atoms with Gasteiger partial charge in [-0.3, -0.25) is 0 Å². The number of benzene rings is 1. The molecule has 1 rings (SSSR count). The smallest absolute Gasteiger partial charge is 0.00751 e. The number of nitrogens with one attached hydrogen (secondary N) is 1. The highest BCUT2D eigenvalue weighted by molar-refractivity contribution is 5.25. The number of unbranched alkanes of at least 4 members (excludes halogenated alkanes) is 1. The monoisotopic (exact) mass is 261 g/mol. The lowest BCUT2D eigenvalue weighted by molar-refractivity contribution is 0.337. The van der Waals surface area contributed by atoms with Crippen LogP contribution in [-0.2, 0) is 5.41 Å². The first-order valence-electron chi connectivity index (χ1n) is 7.91. The molecule has 0 heterocycles. The second-order valence-electron chi connectivity index (χ2n) is 6.13. The van der Waals surface area contributed by atoms with Crippen LogP contribution in [0.25, 0.3) is 0 Å². The molecule has 1 atom stereocenters. The van der Waals surface area contributed by atoms with E-state index in [9.17, 15) is 0 Å². The van der Waals surface area contributed by atoms with E-state index in [1.165, 1.54) is 31.2 Å². The fourth-order valence-corrected chi connectivity index (χ4v) is 2.75. The molecular formula is C18H31N. The second kappa shape index (κ2) is 8.37. The van der Waals surface area contributed by atoms with E-state index in [1.54, 1.807) is 0 Å². The molecule has 0 amide bonds. The Bertz CT molecular complexity index is 331. The van der Waals surface area contributed by atoms with Crippen molar-refractivity contribution in [1.82, 2.24) is 5.32 Å². The highest BCUT2D eigenvalue weighted by Crippen LogP contribution is 2.33. The van der Waals surface area contributed by atoms with Crippen molar-refractivity contribution >= 4 is 0 Å². The lowest BCUT2D eigenvalue weighted by Gasteiger charge is -2.34. The van der Waals surface area contributed by atoms with Gasteiger partial charge in [0.2, 0.25) is 0 Å². The molecule has 0 radical (unpaired) electrons. The van der Waals surface area contributed by atoms with Gasteiger partial charge >= 0.3 is 0 Å². The number of rotatable bonds is 9. The topological polar surface area (TPSA) is 12.0 Å². The van der Waals surface area contributed by atoms with Crippen LogP contribution in [0.3, 0.4) is 0 Å². The van der Waals surface area contributed by atoms with Crippen LogP contribution in [0, 0.1) is 5.92 Å². The van der Waals surface area contributed by atoms with Crippen LogP contribution < -0.4 is 5.32 Å². The van der Waals surface area contributed by atoms with Crippen LogP contribution in [0.15, 0.2) is 30.3 Å². The van der Waals surface area contributed by atoms with Gasteiger partial charge in [0.15, 0.2) is 0 Å². The zero-order chi connectivity index (χ0) is 14.1. The summed E-state index contributed by atoms with van der Waals surface area (Å²) in [7, 11) is 0. The van der Waals surface area contributed by atoms with Crippen LogP contribution in [0.5, 0.6) is 0 Å². The van der Waals surface area contributed by atoms with Gasteiger partial charge < -0.3 is 5.32 Å². The molecule has 0 spiro atoms. The van der Waals surface area contributed by atoms with Crippen LogP contribution in [0.2, 0.25) is 0 Å². The van der Waals surface area contributed by atoms with Gasteiger partial charge in [0.05, 0.1) is 0 Å². The Morgan fingerprint density at radius 1 is 1.11 bits per heavy atom. The van der Waals surface area contributed by atoms with E-state index in [0.717, 1.165) is 19.0 Å². The summed E-state index contributed by atoms with van der Waals surface area (Å²) in [5.41, 5.74) is 1.81. The highest BCUT2D eigenvalue weighted by Gasteiger charge is 2.29. The fourth-order valence-electron chi connectivity index (χ4n) is 2.75. The Balaban J connectivity index is 2.81. The van der Waals surface area contributed by atoms with E-state index < -0.39 is 0 Å². The molecule has 0 aromatic heterocycles. The van der Waals surface area contributed by atoms with Crippen molar-refractivity contribution in [3.05, 3.63) is 35.9 Å². The maximum Gasteiger partial charge on any atom is 0.00751 e. The molecule has 1 aromatic rings. The molecule has 0 fully saturated rings. The first-order chi connectivity index (χ1) is 9.14. The quantitative estimate of drug-likeness (QED) is 0.675. The second-order valence-corrected chi connectivity index (χ2v) is 6.13. The van der Waals surface area contributed by atoms with Gasteiger partial charge in [-0.2, -0.15) is 0 Å². The predicted molar refractivity (Wildman–Crippen MR) is 85.6 cm³/mol. The van der Waals surface area contributed by atoms with Crippen molar-refractivity contribution in [2.24, 2.45) is 5.92 Å². The van der Waals surface area contributed by atoms with Crippen molar-refractivity contribution in [2.45, 2.75) is 58.8 Å². The summed E-state index contributed by atoms with van der Waals surface area (Å²) in [6, 6.07) is 11.1. The minimum absolute atomic E-state index is 0.312. The number of hydrogen-bond acceptors (Lipinski definition) is 1. The van der Waals surface area contributed by atoms with E-state index in [-0.39, 0.29) is 0 Å². The molecule has 108 valence electrons.